The first kappa shape index (κ1) is 14.6. The number of rotatable bonds is 5. The minimum absolute atomic E-state index is 0.520. The van der Waals surface area contributed by atoms with Crippen LogP contribution in [0.25, 0.3) is 0 Å². The van der Waals surface area contributed by atoms with Gasteiger partial charge in [0.05, 0.1) is 15.9 Å². The minimum atomic E-state index is 0.520. The fraction of sp³-hybridized carbons (Fsp3) is 0.357. The quantitative estimate of drug-likeness (QED) is 0.718. The molecule has 1 aromatic carbocycles. The Labute approximate surface area is 130 Å². The van der Waals surface area contributed by atoms with Crippen LogP contribution in [0.1, 0.15) is 23.9 Å². The zero-order valence-corrected chi connectivity index (χ0v) is 14.2. The lowest BCUT2D eigenvalue weighted by atomic mass is 10.2. The van der Waals surface area contributed by atoms with Gasteiger partial charge in [-0.3, -0.25) is 4.68 Å². The topological polar surface area (TPSA) is 27.1 Å². The molecule has 19 heavy (non-hydrogen) atoms. The molecule has 102 valence electrons. The monoisotopic (exact) mass is 386 g/mol. The SMILES string of the molecule is CCc1cc(COc2c(Br)cccc2CBr)n(C)n1. The summed E-state index contributed by atoms with van der Waals surface area (Å²) in [6, 6.07) is 8.13. The van der Waals surface area contributed by atoms with Gasteiger partial charge in [0, 0.05) is 17.9 Å². The number of hydrogen-bond donors (Lipinski definition) is 0. The summed E-state index contributed by atoms with van der Waals surface area (Å²) in [5, 5.41) is 5.19. The number of ether oxygens (including phenoxy) is 1. The maximum absolute atomic E-state index is 5.95. The Kier molecular flexibility index (Phi) is 5.05. The summed E-state index contributed by atoms with van der Waals surface area (Å²) in [4.78, 5) is 0. The molecule has 0 atom stereocenters. The van der Waals surface area contributed by atoms with Crippen LogP contribution in [0.2, 0.25) is 0 Å². The van der Waals surface area contributed by atoms with Crippen molar-refractivity contribution in [3.8, 4) is 5.75 Å². The molecule has 0 aliphatic rings. The Bertz CT molecular complexity index is 567. The van der Waals surface area contributed by atoms with Crippen molar-refractivity contribution >= 4 is 31.9 Å². The van der Waals surface area contributed by atoms with Crippen LogP contribution in [0.3, 0.4) is 0 Å². The van der Waals surface area contributed by atoms with Gasteiger partial charge in [-0.15, -0.1) is 0 Å². The average molecular weight is 388 g/mol. The van der Waals surface area contributed by atoms with Crippen LogP contribution < -0.4 is 4.74 Å². The van der Waals surface area contributed by atoms with E-state index in [4.69, 9.17) is 4.74 Å². The molecule has 0 saturated heterocycles. The molecule has 0 fully saturated rings. The maximum Gasteiger partial charge on any atom is 0.138 e. The van der Waals surface area contributed by atoms with E-state index in [9.17, 15) is 0 Å². The number of para-hydroxylation sites is 1. The average Bonchev–Trinajstić information content (AvgIpc) is 2.77. The number of benzene rings is 1. The van der Waals surface area contributed by atoms with Crippen LogP contribution in [-0.2, 0) is 25.4 Å². The van der Waals surface area contributed by atoms with Crippen LogP contribution in [0.15, 0.2) is 28.7 Å². The van der Waals surface area contributed by atoms with Crippen molar-refractivity contribution in [3.63, 3.8) is 0 Å². The van der Waals surface area contributed by atoms with Crippen molar-refractivity contribution in [2.75, 3.05) is 0 Å². The van der Waals surface area contributed by atoms with E-state index >= 15 is 0 Å². The summed E-state index contributed by atoms with van der Waals surface area (Å²) in [6.07, 6.45) is 0.940. The van der Waals surface area contributed by atoms with E-state index in [0.29, 0.717) is 6.61 Å². The lowest BCUT2D eigenvalue weighted by Crippen LogP contribution is -2.04. The number of alkyl halides is 1. The number of nitrogens with zero attached hydrogens (tertiary/aromatic N) is 2. The van der Waals surface area contributed by atoms with Crippen molar-refractivity contribution in [2.45, 2.75) is 25.3 Å². The van der Waals surface area contributed by atoms with E-state index in [2.05, 4.69) is 56.0 Å². The standard InChI is InChI=1S/C14H16Br2N2O/c1-3-11-7-12(18(2)17-11)9-19-14-10(8-15)5-4-6-13(14)16/h4-7H,3,8-9H2,1-2H3. The van der Waals surface area contributed by atoms with Crippen LogP contribution in [-0.4, -0.2) is 9.78 Å². The molecule has 1 aromatic heterocycles. The number of halogens is 2. The molecule has 0 radical (unpaired) electrons. The fourth-order valence-corrected chi connectivity index (χ4v) is 2.81. The van der Waals surface area contributed by atoms with Crippen LogP contribution >= 0.6 is 31.9 Å². The van der Waals surface area contributed by atoms with E-state index in [1.165, 1.54) is 0 Å². The number of aryl methyl sites for hydroxylation is 2. The van der Waals surface area contributed by atoms with Crippen molar-refractivity contribution in [1.82, 2.24) is 9.78 Å². The van der Waals surface area contributed by atoms with Gasteiger partial charge in [0.1, 0.15) is 12.4 Å². The summed E-state index contributed by atoms with van der Waals surface area (Å²) < 4.78 is 8.80. The highest BCUT2D eigenvalue weighted by atomic mass is 79.9. The molecule has 0 aliphatic heterocycles. The molecule has 3 nitrogen and oxygen atoms in total. The van der Waals surface area contributed by atoms with Crippen molar-refractivity contribution in [2.24, 2.45) is 7.05 Å². The van der Waals surface area contributed by atoms with Gasteiger partial charge in [-0.2, -0.15) is 5.10 Å². The highest BCUT2D eigenvalue weighted by Crippen LogP contribution is 2.31. The second kappa shape index (κ2) is 6.57. The number of hydrogen-bond acceptors (Lipinski definition) is 2. The Morgan fingerprint density at radius 3 is 2.79 bits per heavy atom. The molecule has 0 aliphatic carbocycles. The van der Waals surface area contributed by atoms with E-state index in [1.54, 1.807) is 0 Å². The fourth-order valence-electron chi connectivity index (χ4n) is 1.85. The van der Waals surface area contributed by atoms with Gasteiger partial charge in [-0.05, 0) is 34.5 Å². The molecule has 0 bridgehead atoms. The van der Waals surface area contributed by atoms with Gasteiger partial charge in [-0.1, -0.05) is 35.0 Å². The molecule has 0 saturated carbocycles. The van der Waals surface area contributed by atoms with Gasteiger partial charge in [-0.25, -0.2) is 0 Å². The minimum Gasteiger partial charge on any atom is -0.486 e. The van der Waals surface area contributed by atoms with Crippen molar-refractivity contribution in [1.29, 1.82) is 0 Å². The zero-order valence-electron chi connectivity index (χ0n) is 11.0. The Morgan fingerprint density at radius 2 is 2.16 bits per heavy atom. The third-order valence-electron chi connectivity index (χ3n) is 2.95. The molecule has 0 unspecified atom stereocenters. The van der Waals surface area contributed by atoms with Gasteiger partial charge < -0.3 is 4.74 Å². The predicted octanol–water partition coefficient (Wildman–Crippen LogP) is 4.22. The molecule has 5 heteroatoms. The smallest absolute Gasteiger partial charge is 0.138 e. The lowest BCUT2D eigenvalue weighted by molar-refractivity contribution is 0.291. The summed E-state index contributed by atoms with van der Waals surface area (Å²) in [7, 11) is 1.95. The zero-order chi connectivity index (χ0) is 13.8. The highest BCUT2D eigenvalue weighted by Gasteiger charge is 2.09. The molecule has 2 rings (SSSR count). The molecule has 1 heterocycles. The molecule has 2 aromatic rings. The summed E-state index contributed by atoms with van der Waals surface area (Å²) in [5.74, 6) is 0.888. The third-order valence-corrected chi connectivity index (χ3v) is 4.18. The summed E-state index contributed by atoms with van der Waals surface area (Å²) in [5.41, 5.74) is 3.30. The Balaban J connectivity index is 2.16. The Morgan fingerprint density at radius 1 is 1.37 bits per heavy atom. The van der Waals surface area contributed by atoms with Crippen molar-refractivity contribution < 1.29 is 4.74 Å². The second-order valence-electron chi connectivity index (χ2n) is 4.25. The maximum atomic E-state index is 5.95. The van der Waals surface area contributed by atoms with E-state index in [-0.39, 0.29) is 0 Å². The molecular weight excluding hydrogens is 372 g/mol. The normalized spacial score (nSPS) is 10.7. The van der Waals surface area contributed by atoms with Crippen molar-refractivity contribution in [3.05, 3.63) is 45.7 Å². The first-order valence-corrected chi connectivity index (χ1v) is 8.05. The van der Waals surface area contributed by atoms with E-state index < -0.39 is 0 Å². The van der Waals surface area contributed by atoms with Crippen LogP contribution in [0.4, 0.5) is 0 Å². The summed E-state index contributed by atoms with van der Waals surface area (Å²) in [6.45, 7) is 2.62. The van der Waals surface area contributed by atoms with Gasteiger partial charge >= 0.3 is 0 Å². The molecule has 0 amide bonds. The van der Waals surface area contributed by atoms with E-state index in [0.717, 1.165) is 38.9 Å². The number of aromatic nitrogens is 2. The Hall–Kier alpha value is -0.810. The largest absolute Gasteiger partial charge is 0.486 e. The van der Waals surface area contributed by atoms with Gasteiger partial charge in [0.25, 0.3) is 0 Å². The van der Waals surface area contributed by atoms with Crippen LogP contribution in [0, 0.1) is 0 Å². The highest BCUT2D eigenvalue weighted by molar-refractivity contribution is 9.10. The van der Waals surface area contributed by atoms with Crippen LogP contribution in [0.5, 0.6) is 5.75 Å². The lowest BCUT2D eigenvalue weighted by Gasteiger charge is -2.11. The molecule has 0 spiro atoms. The molecule has 0 N–H and O–H groups in total. The van der Waals surface area contributed by atoms with Gasteiger partial charge in [0.15, 0.2) is 0 Å². The third kappa shape index (κ3) is 3.39. The predicted molar refractivity (Wildman–Crippen MR) is 83.7 cm³/mol. The summed E-state index contributed by atoms with van der Waals surface area (Å²) >= 11 is 7.01. The van der Waals surface area contributed by atoms with E-state index in [1.807, 2.05) is 23.9 Å². The second-order valence-corrected chi connectivity index (χ2v) is 5.67. The molecular formula is C14H16Br2N2O. The first-order chi connectivity index (χ1) is 9.15. The van der Waals surface area contributed by atoms with Gasteiger partial charge in [0.2, 0.25) is 0 Å². The first-order valence-electron chi connectivity index (χ1n) is 6.13.